The molecule has 3 aromatic carbocycles. The molecule has 1 amide bonds. The molecule has 0 saturated carbocycles. The molecule has 6 nitrogen and oxygen atoms in total. The van der Waals surface area contributed by atoms with Crippen LogP contribution in [0.25, 0.3) is 21.2 Å². The summed E-state index contributed by atoms with van der Waals surface area (Å²) in [5, 5.41) is 24.1. The maximum absolute atomic E-state index is 13.1. The number of rotatable bonds is 8. The molecule has 0 bridgehead atoms. The molecule has 3 N–H and O–H groups in total. The highest BCUT2D eigenvalue weighted by Gasteiger charge is 2.24. The number of fused-ring (bicyclic) bond motifs is 1. The molecule has 8 heteroatoms. The van der Waals surface area contributed by atoms with E-state index in [2.05, 4.69) is 5.32 Å². The number of carbonyl (C=O) groups is 2. The molecule has 2 heterocycles. The van der Waals surface area contributed by atoms with Gasteiger partial charge in [0.1, 0.15) is 11.8 Å². The van der Waals surface area contributed by atoms with E-state index in [4.69, 9.17) is 16.0 Å². The van der Waals surface area contributed by atoms with Gasteiger partial charge in [0.2, 0.25) is 0 Å². The van der Waals surface area contributed by atoms with Crippen LogP contribution >= 0.6 is 22.9 Å². The molecule has 5 aromatic rings. The number of aromatic hydroxyl groups is 1. The van der Waals surface area contributed by atoms with Crippen LogP contribution in [0, 0.1) is 0 Å². The Hall–Kier alpha value is -4.07. The van der Waals surface area contributed by atoms with Gasteiger partial charge in [-0.05, 0) is 75.7 Å². The van der Waals surface area contributed by atoms with E-state index in [0.29, 0.717) is 16.3 Å². The monoisotopic (exact) mass is 531 g/mol. The summed E-state index contributed by atoms with van der Waals surface area (Å²) in [6.07, 6.45) is 3.69. The van der Waals surface area contributed by atoms with E-state index in [1.165, 1.54) is 17.4 Å². The third-order valence-electron chi connectivity index (χ3n) is 6.11. The van der Waals surface area contributed by atoms with Crippen molar-refractivity contribution in [2.45, 2.75) is 18.9 Å². The number of carbonyl (C=O) groups excluding carboxylic acids is 1. The van der Waals surface area contributed by atoms with Crippen LogP contribution in [0.1, 0.15) is 26.4 Å². The number of hydrogen-bond donors (Lipinski definition) is 3. The number of furan rings is 1. The number of phenolic OH excluding ortho intramolecular Hbond substituents is 1. The lowest BCUT2D eigenvalue weighted by Gasteiger charge is -2.17. The van der Waals surface area contributed by atoms with Crippen molar-refractivity contribution in [1.82, 2.24) is 5.32 Å². The summed E-state index contributed by atoms with van der Waals surface area (Å²) in [7, 11) is 0. The van der Waals surface area contributed by atoms with E-state index >= 15 is 0 Å². The first-order chi connectivity index (χ1) is 17.9. The van der Waals surface area contributed by atoms with Gasteiger partial charge in [-0.2, -0.15) is 0 Å². The Kier molecular flexibility index (Phi) is 6.99. The van der Waals surface area contributed by atoms with Crippen molar-refractivity contribution in [2.24, 2.45) is 0 Å². The zero-order valence-corrected chi connectivity index (χ0v) is 21.1. The van der Waals surface area contributed by atoms with Crippen LogP contribution in [0.5, 0.6) is 5.75 Å². The van der Waals surface area contributed by atoms with Crippen LogP contribution in [-0.2, 0) is 17.6 Å². The van der Waals surface area contributed by atoms with Crippen molar-refractivity contribution in [1.29, 1.82) is 0 Å². The van der Waals surface area contributed by atoms with E-state index in [0.717, 1.165) is 37.9 Å². The van der Waals surface area contributed by atoms with Gasteiger partial charge in [-0.3, -0.25) is 4.79 Å². The maximum Gasteiger partial charge on any atom is 0.326 e. The number of aliphatic carboxylic acids is 1. The standard InChI is InChI=1S/C29H22ClNO5S/c30-23-6-3-18(4-7-23)20-1-2-21-15-27(37-26(21)14-20)28(33)31-25(29(34)35)13-19-5-8-24(32)12-22(19)11-17-9-10-36-16-17/h1-10,12,14-16,25,32H,11,13H2,(H,31,33)(H,34,35)/t25-/m0/s1. The van der Waals surface area contributed by atoms with E-state index < -0.39 is 17.9 Å². The summed E-state index contributed by atoms with van der Waals surface area (Å²) in [5.74, 6) is -1.50. The fourth-order valence-corrected chi connectivity index (χ4v) is 5.33. The van der Waals surface area contributed by atoms with Gasteiger partial charge >= 0.3 is 5.97 Å². The molecule has 0 aliphatic carbocycles. The van der Waals surface area contributed by atoms with Gasteiger partial charge in [-0.25, -0.2) is 4.79 Å². The molecular formula is C29H22ClNO5S. The van der Waals surface area contributed by atoms with Gasteiger partial charge in [0, 0.05) is 22.6 Å². The molecule has 0 unspecified atom stereocenters. The molecule has 2 aromatic heterocycles. The van der Waals surface area contributed by atoms with Gasteiger partial charge in [-0.15, -0.1) is 11.3 Å². The van der Waals surface area contributed by atoms with Crippen molar-refractivity contribution in [3.8, 4) is 16.9 Å². The molecule has 0 fully saturated rings. The highest BCUT2D eigenvalue weighted by molar-refractivity contribution is 7.20. The van der Waals surface area contributed by atoms with Crippen LogP contribution in [0.15, 0.2) is 89.7 Å². The first kappa shape index (κ1) is 24.6. The molecule has 0 spiro atoms. The second kappa shape index (κ2) is 10.5. The predicted octanol–water partition coefficient (Wildman–Crippen LogP) is 6.54. The molecule has 37 heavy (non-hydrogen) atoms. The third kappa shape index (κ3) is 5.69. The highest BCUT2D eigenvalue weighted by atomic mass is 35.5. The number of amides is 1. The zero-order valence-electron chi connectivity index (χ0n) is 19.5. The average molecular weight is 532 g/mol. The number of phenols is 1. The van der Waals surface area contributed by atoms with E-state index in [1.54, 1.807) is 30.7 Å². The summed E-state index contributed by atoms with van der Waals surface area (Å²) in [5.41, 5.74) is 4.38. The number of carboxylic acids is 1. The number of hydrogen-bond acceptors (Lipinski definition) is 5. The van der Waals surface area contributed by atoms with Crippen LogP contribution in [0.4, 0.5) is 0 Å². The number of halogens is 1. The fourth-order valence-electron chi connectivity index (χ4n) is 4.20. The lowest BCUT2D eigenvalue weighted by molar-refractivity contribution is -0.139. The van der Waals surface area contributed by atoms with Crippen LogP contribution in [-0.4, -0.2) is 28.1 Å². The molecule has 0 saturated heterocycles. The minimum Gasteiger partial charge on any atom is -0.508 e. The SMILES string of the molecule is O=C(N[C@@H](Cc1ccc(O)cc1Cc1ccoc1)C(=O)O)c1cc2ccc(-c3ccc(Cl)cc3)cc2s1. The first-order valence-electron chi connectivity index (χ1n) is 11.5. The number of benzene rings is 3. The minimum atomic E-state index is -1.14. The molecule has 5 rings (SSSR count). The normalized spacial score (nSPS) is 11.9. The maximum atomic E-state index is 13.1. The average Bonchev–Trinajstić information content (AvgIpc) is 3.55. The Bertz CT molecular complexity index is 1570. The third-order valence-corrected chi connectivity index (χ3v) is 7.46. The van der Waals surface area contributed by atoms with Crippen molar-refractivity contribution >= 4 is 44.9 Å². The minimum absolute atomic E-state index is 0.0696. The van der Waals surface area contributed by atoms with E-state index in [1.807, 2.05) is 48.5 Å². The summed E-state index contributed by atoms with van der Waals surface area (Å²) in [6, 6.07) is 20.7. The Morgan fingerprint density at radius 2 is 1.73 bits per heavy atom. The zero-order chi connectivity index (χ0) is 25.9. The molecule has 186 valence electrons. The van der Waals surface area contributed by atoms with Gasteiger partial charge in [0.25, 0.3) is 5.91 Å². The lowest BCUT2D eigenvalue weighted by Crippen LogP contribution is -2.42. The number of carboxylic acid groups (broad SMARTS) is 1. The van der Waals surface area contributed by atoms with Crippen molar-refractivity contribution in [3.63, 3.8) is 0 Å². The summed E-state index contributed by atoms with van der Waals surface area (Å²) in [6.45, 7) is 0. The summed E-state index contributed by atoms with van der Waals surface area (Å²) < 4.78 is 6.04. The second-order valence-electron chi connectivity index (χ2n) is 8.70. The Morgan fingerprint density at radius 3 is 2.46 bits per heavy atom. The molecular weight excluding hydrogens is 510 g/mol. The molecule has 0 radical (unpaired) electrons. The second-order valence-corrected chi connectivity index (χ2v) is 10.2. The number of thiophene rings is 1. The highest BCUT2D eigenvalue weighted by Crippen LogP contribution is 2.31. The van der Waals surface area contributed by atoms with E-state index in [9.17, 15) is 19.8 Å². The molecule has 0 aliphatic heterocycles. The Morgan fingerprint density at radius 1 is 0.946 bits per heavy atom. The molecule has 0 aliphatic rings. The van der Waals surface area contributed by atoms with Crippen molar-refractivity contribution in [3.05, 3.63) is 112 Å². The lowest BCUT2D eigenvalue weighted by atomic mass is 9.96. The molecule has 1 atom stereocenters. The predicted molar refractivity (Wildman–Crippen MR) is 144 cm³/mol. The number of nitrogens with one attached hydrogen (secondary N) is 1. The van der Waals surface area contributed by atoms with Gasteiger partial charge in [0.05, 0.1) is 17.4 Å². The van der Waals surface area contributed by atoms with Crippen molar-refractivity contribution < 1.29 is 24.2 Å². The van der Waals surface area contributed by atoms with Gasteiger partial charge in [-0.1, -0.05) is 41.9 Å². The quantitative estimate of drug-likeness (QED) is 0.211. The van der Waals surface area contributed by atoms with E-state index in [-0.39, 0.29) is 12.2 Å². The largest absolute Gasteiger partial charge is 0.508 e. The topological polar surface area (TPSA) is 99.8 Å². The summed E-state index contributed by atoms with van der Waals surface area (Å²) >= 11 is 7.31. The Labute approximate surface area is 221 Å². The summed E-state index contributed by atoms with van der Waals surface area (Å²) in [4.78, 5) is 25.6. The van der Waals surface area contributed by atoms with Gasteiger partial charge in [0.15, 0.2) is 0 Å². The Balaban J connectivity index is 1.35. The van der Waals surface area contributed by atoms with Crippen LogP contribution in [0.2, 0.25) is 5.02 Å². The van der Waals surface area contributed by atoms with Crippen molar-refractivity contribution in [2.75, 3.05) is 0 Å². The van der Waals surface area contributed by atoms with Crippen LogP contribution in [0.3, 0.4) is 0 Å². The van der Waals surface area contributed by atoms with Gasteiger partial charge < -0.3 is 19.9 Å². The first-order valence-corrected chi connectivity index (χ1v) is 12.7. The van der Waals surface area contributed by atoms with Crippen LogP contribution < -0.4 is 5.32 Å². The fraction of sp³-hybridized carbons (Fsp3) is 0.103. The smallest absolute Gasteiger partial charge is 0.326 e.